The van der Waals surface area contributed by atoms with Crippen LogP contribution in [0.15, 0.2) is 23.2 Å². The second-order valence-electron chi connectivity index (χ2n) is 8.22. The number of amides is 1. The Hall–Kier alpha value is -2.62. The van der Waals surface area contributed by atoms with Gasteiger partial charge in [-0.25, -0.2) is 18.2 Å². The van der Waals surface area contributed by atoms with Gasteiger partial charge in [-0.3, -0.25) is 5.10 Å². The number of alkyl carbamates (subject to hydrolysis) is 1. The molecule has 1 amide bonds. The van der Waals surface area contributed by atoms with Gasteiger partial charge in [-0.05, 0) is 52.0 Å². The molecule has 162 valence electrons. The quantitative estimate of drug-likeness (QED) is 0.661. The summed E-state index contributed by atoms with van der Waals surface area (Å²) in [6.45, 7) is 3.81. The number of hydrogen-bond donors (Lipinski definition) is 3. The molecule has 2 aliphatic rings. The maximum Gasteiger partial charge on any atom is 0.407 e. The van der Waals surface area contributed by atoms with Crippen molar-refractivity contribution in [1.82, 2.24) is 20.5 Å². The number of ether oxygens (including phenoxy) is 1. The summed E-state index contributed by atoms with van der Waals surface area (Å²) in [6.07, 6.45) is 4.97. The van der Waals surface area contributed by atoms with Gasteiger partial charge in [0.15, 0.2) is 15.7 Å². The van der Waals surface area contributed by atoms with Gasteiger partial charge >= 0.3 is 6.09 Å². The van der Waals surface area contributed by atoms with Crippen molar-refractivity contribution in [3.05, 3.63) is 29.6 Å². The highest BCUT2D eigenvalue weighted by Crippen LogP contribution is 2.35. The molecule has 3 N–H and O–H groups in total. The molecule has 2 aromatic rings. The molecule has 0 atom stereocenters. The Morgan fingerprint density at radius 3 is 2.77 bits per heavy atom. The van der Waals surface area contributed by atoms with Crippen LogP contribution in [-0.2, 0) is 21.0 Å². The molecule has 1 aliphatic carbocycles. The van der Waals surface area contributed by atoms with E-state index in [2.05, 4.69) is 25.8 Å². The fourth-order valence-corrected chi connectivity index (χ4v) is 5.64. The molecule has 0 saturated heterocycles. The van der Waals surface area contributed by atoms with E-state index in [0.717, 1.165) is 36.9 Å². The summed E-state index contributed by atoms with van der Waals surface area (Å²) in [7, 11) is -3.20. The zero-order valence-corrected chi connectivity index (χ0v) is 18.0. The molecule has 0 unspecified atom stereocenters. The molecular formula is C20H27N5O4S. The Kier molecular flexibility index (Phi) is 5.68. The van der Waals surface area contributed by atoms with Gasteiger partial charge in [0.25, 0.3) is 0 Å². The van der Waals surface area contributed by atoms with Crippen LogP contribution in [0, 0.1) is 0 Å². The number of aromatic amines is 1. The maximum absolute atomic E-state index is 12.1. The lowest BCUT2D eigenvalue weighted by Crippen LogP contribution is -2.34. The Morgan fingerprint density at radius 1 is 1.27 bits per heavy atom. The van der Waals surface area contributed by atoms with Crippen LogP contribution in [0.5, 0.6) is 0 Å². The number of pyridine rings is 1. The minimum Gasteiger partial charge on any atom is -0.446 e. The molecular weight excluding hydrogens is 406 g/mol. The van der Waals surface area contributed by atoms with Crippen molar-refractivity contribution in [3.63, 3.8) is 0 Å². The largest absolute Gasteiger partial charge is 0.446 e. The van der Waals surface area contributed by atoms with Crippen LogP contribution in [-0.4, -0.2) is 47.6 Å². The molecule has 1 aliphatic heterocycles. The van der Waals surface area contributed by atoms with Crippen LogP contribution in [0.3, 0.4) is 0 Å². The van der Waals surface area contributed by atoms with Gasteiger partial charge < -0.3 is 15.4 Å². The predicted octanol–water partition coefficient (Wildman–Crippen LogP) is 3.04. The molecule has 2 aromatic heterocycles. The predicted molar refractivity (Wildman–Crippen MR) is 112 cm³/mol. The van der Waals surface area contributed by atoms with Crippen LogP contribution in [0.25, 0.3) is 0 Å². The van der Waals surface area contributed by atoms with Crippen LogP contribution in [0.2, 0.25) is 0 Å². The third-order valence-electron chi connectivity index (χ3n) is 5.61. The first-order chi connectivity index (χ1) is 14.3. The van der Waals surface area contributed by atoms with Crippen molar-refractivity contribution in [2.45, 2.75) is 68.9 Å². The van der Waals surface area contributed by atoms with Crippen molar-refractivity contribution in [2.24, 2.45) is 0 Å². The molecule has 1 saturated carbocycles. The standard InChI is InChI=1S/C20H27N5O4S/c1-12(2)22-20(26)29-14-5-3-13(4-6-14)16-11-18(25-24-16)23-19-15-8-10-30(27,28)17(15)7-9-21-19/h7,9,11-14H,3-6,8,10H2,1-2H3,(H,22,26)(H2,21,23,24,25). The summed E-state index contributed by atoms with van der Waals surface area (Å²) in [6, 6.07) is 3.56. The fraction of sp³-hybridized carbons (Fsp3) is 0.550. The SMILES string of the molecule is CC(C)NC(=O)OC1CCC(c2cc(Nc3nccc4c3CCS4(=O)=O)n[nH]2)CC1. The maximum atomic E-state index is 12.1. The lowest BCUT2D eigenvalue weighted by atomic mass is 9.85. The summed E-state index contributed by atoms with van der Waals surface area (Å²) >= 11 is 0. The second-order valence-corrected chi connectivity index (χ2v) is 10.3. The molecule has 3 heterocycles. The summed E-state index contributed by atoms with van der Waals surface area (Å²) < 4.78 is 29.7. The Labute approximate surface area is 175 Å². The van der Waals surface area contributed by atoms with E-state index in [4.69, 9.17) is 4.74 Å². The van der Waals surface area contributed by atoms with E-state index in [1.54, 1.807) is 6.07 Å². The molecule has 0 bridgehead atoms. The van der Waals surface area contributed by atoms with Crippen LogP contribution >= 0.6 is 0 Å². The van der Waals surface area contributed by atoms with Gasteiger partial charge in [0.2, 0.25) is 0 Å². The van der Waals surface area contributed by atoms with E-state index in [-0.39, 0.29) is 24.0 Å². The number of aromatic nitrogens is 3. The van der Waals surface area contributed by atoms with Gasteiger partial charge in [0.1, 0.15) is 11.9 Å². The summed E-state index contributed by atoms with van der Waals surface area (Å²) in [5.74, 6) is 1.59. The first-order valence-electron chi connectivity index (χ1n) is 10.3. The average Bonchev–Trinajstić information content (AvgIpc) is 3.27. The smallest absolute Gasteiger partial charge is 0.407 e. The van der Waals surface area contributed by atoms with Crippen molar-refractivity contribution in [2.75, 3.05) is 11.1 Å². The van der Waals surface area contributed by atoms with Crippen molar-refractivity contribution >= 4 is 27.6 Å². The monoisotopic (exact) mass is 433 g/mol. The third-order valence-corrected chi connectivity index (χ3v) is 7.40. The first kappa shape index (κ1) is 20.6. The van der Waals surface area contributed by atoms with Gasteiger partial charge in [0.05, 0.1) is 10.6 Å². The Morgan fingerprint density at radius 2 is 2.03 bits per heavy atom. The number of nitrogens with zero attached hydrogens (tertiary/aromatic N) is 2. The van der Waals surface area contributed by atoms with Gasteiger partial charge in [-0.15, -0.1) is 0 Å². The average molecular weight is 434 g/mol. The Bertz CT molecular complexity index is 1030. The normalized spacial score (nSPS) is 22.5. The van der Waals surface area contributed by atoms with Crippen molar-refractivity contribution in [1.29, 1.82) is 0 Å². The molecule has 9 nitrogen and oxygen atoms in total. The Balaban J connectivity index is 1.36. The number of H-pyrrole nitrogens is 1. The molecule has 0 spiro atoms. The summed E-state index contributed by atoms with van der Waals surface area (Å²) in [4.78, 5) is 16.4. The first-order valence-corrected chi connectivity index (χ1v) is 12.0. The summed E-state index contributed by atoms with van der Waals surface area (Å²) in [5.41, 5.74) is 1.74. The zero-order valence-electron chi connectivity index (χ0n) is 17.1. The molecule has 1 fully saturated rings. The second kappa shape index (κ2) is 8.25. The van der Waals surface area contributed by atoms with Gasteiger partial charge in [-0.2, -0.15) is 5.10 Å². The topological polar surface area (TPSA) is 126 Å². The van der Waals surface area contributed by atoms with Crippen LogP contribution in [0.4, 0.5) is 16.4 Å². The lowest BCUT2D eigenvalue weighted by molar-refractivity contribution is 0.0697. The highest BCUT2D eigenvalue weighted by Gasteiger charge is 2.29. The number of carbonyl (C=O) groups excluding carboxylic acids is 1. The number of carbonyl (C=O) groups is 1. The number of sulfone groups is 1. The highest BCUT2D eigenvalue weighted by molar-refractivity contribution is 7.91. The molecule has 4 rings (SSSR count). The fourth-order valence-electron chi connectivity index (χ4n) is 4.11. The molecule has 30 heavy (non-hydrogen) atoms. The van der Waals surface area contributed by atoms with Gasteiger partial charge in [0, 0.05) is 35.5 Å². The van der Waals surface area contributed by atoms with E-state index in [0.29, 0.717) is 28.9 Å². The zero-order chi connectivity index (χ0) is 21.3. The van der Waals surface area contributed by atoms with E-state index < -0.39 is 9.84 Å². The minimum absolute atomic E-state index is 0.0569. The van der Waals surface area contributed by atoms with Crippen molar-refractivity contribution < 1.29 is 17.9 Å². The molecule has 10 heteroatoms. The van der Waals surface area contributed by atoms with Crippen LogP contribution < -0.4 is 10.6 Å². The molecule has 0 radical (unpaired) electrons. The number of hydrogen-bond acceptors (Lipinski definition) is 7. The third kappa shape index (κ3) is 4.43. The highest BCUT2D eigenvalue weighted by atomic mass is 32.2. The van der Waals surface area contributed by atoms with E-state index in [1.165, 1.54) is 6.20 Å². The summed E-state index contributed by atoms with van der Waals surface area (Å²) in [5, 5.41) is 13.3. The number of nitrogens with one attached hydrogen (secondary N) is 3. The van der Waals surface area contributed by atoms with Gasteiger partial charge in [-0.1, -0.05) is 0 Å². The lowest BCUT2D eigenvalue weighted by Gasteiger charge is -2.27. The van der Waals surface area contributed by atoms with Crippen molar-refractivity contribution in [3.8, 4) is 0 Å². The number of anilines is 2. The number of fused-ring (bicyclic) bond motifs is 1. The number of rotatable bonds is 5. The van der Waals surface area contributed by atoms with E-state index in [1.807, 2.05) is 19.9 Å². The minimum atomic E-state index is -3.20. The van der Waals surface area contributed by atoms with E-state index >= 15 is 0 Å². The van der Waals surface area contributed by atoms with Crippen LogP contribution in [0.1, 0.15) is 56.7 Å². The van der Waals surface area contributed by atoms with E-state index in [9.17, 15) is 13.2 Å². The molecule has 0 aromatic carbocycles.